The number of benzene rings is 1. The Morgan fingerprint density at radius 1 is 1.14 bits per heavy atom. The van der Waals surface area contributed by atoms with E-state index in [2.05, 4.69) is 10.2 Å². The topological polar surface area (TPSA) is 83.4 Å². The van der Waals surface area contributed by atoms with E-state index in [0.717, 1.165) is 10.5 Å². The van der Waals surface area contributed by atoms with Gasteiger partial charge >= 0.3 is 5.97 Å². The van der Waals surface area contributed by atoms with E-state index in [0.29, 0.717) is 5.69 Å². The average molecular weight is 306 g/mol. The molecule has 0 atom stereocenters. The van der Waals surface area contributed by atoms with E-state index in [-0.39, 0.29) is 10.8 Å². The minimum atomic E-state index is -1.12. The van der Waals surface area contributed by atoms with Crippen LogP contribution in [-0.4, -0.2) is 33.7 Å². The Morgan fingerprint density at radius 3 is 2.33 bits per heavy atom. The maximum atomic E-state index is 12.4. The fourth-order valence-corrected chi connectivity index (χ4v) is 1.81. The van der Waals surface area contributed by atoms with E-state index in [9.17, 15) is 9.59 Å². The van der Waals surface area contributed by atoms with Gasteiger partial charge in [-0.15, -0.1) is 10.2 Å². The van der Waals surface area contributed by atoms with E-state index in [4.69, 9.17) is 16.7 Å². The van der Waals surface area contributed by atoms with E-state index in [1.54, 1.807) is 24.3 Å². The van der Waals surface area contributed by atoms with Crippen LogP contribution in [0.5, 0.6) is 0 Å². The second kappa shape index (κ2) is 6.32. The molecule has 6 nitrogen and oxygen atoms in total. The molecule has 1 aromatic carbocycles. The van der Waals surface area contributed by atoms with Crippen LogP contribution in [0.1, 0.15) is 16.1 Å². The molecule has 0 saturated carbocycles. The van der Waals surface area contributed by atoms with Crippen molar-refractivity contribution < 1.29 is 14.7 Å². The molecule has 108 valence electrons. The predicted octanol–water partition coefficient (Wildman–Crippen LogP) is 2.17. The van der Waals surface area contributed by atoms with E-state index >= 15 is 0 Å². The van der Waals surface area contributed by atoms with E-state index in [1.165, 1.54) is 12.1 Å². The molecule has 0 spiro atoms. The Kier molecular flexibility index (Phi) is 4.49. The molecule has 21 heavy (non-hydrogen) atoms. The zero-order valence-electron chi connectivity index (χ0n) is 11.2. The van der Waals surface area contributed by atoms with Gasteiger partial charge in [-0.3, -0.25) is 14.5 Å². The van der Waals surface area contributed by atoms with Crippen LogP contribution in [0.15, 0.2) is 36.4 Å². The Labute approximate surface area is 126 Å². The number of nitrogens with zero attached hydrogens (tertiary/aromatic N) is 3. The third-order valence-corrected chi connectivity index (χ3v) is 2.94. The van der Waals surface area contributed by atoms with Crippen molar-refractivity contribution in [2.24, 2.45) is 0 Å². The lowest BCUT2D eigenvalue weighted by atomic mass is 10.2. The first-order valence-corrected chi connectivity index (χ1v) is 6.45. The van der Waals surface area contributed by atoms with Crippen LogP contribution >= 0.6 is 11.6 Å². The van der Waals surface area contributed by atoms with Crippen molar-refractivity contribution in [1.29, 1.82) is 0 Å². The molecule has 7 heteroatoms. The molecule has 0 aliphatic carbocycles. The molecule has 0 saturated heterocycles. The zero-order valence-corrected chi connectivity index (χ0v) is 11.9. The molecule has 0 radical (unpaired) electrons. The van der Waals surface area contributed by atoms with Crippen LogP contribution in [0.3, 0.4) is 0 Å². The minimum absolute atomic E-state index is 0.0289. The fourth-order valence-electron chi connectivity index (χ4n) is 1.71. The van der Waals surface area contributed by atoms with Crippen molar-refractivity contribution in [3.05, 3.63) is 52.8 Å². The van der Waals surface area contributed by atoms with Gasteiger partial charge in [0.25, 0.3) is 5.91 Å². The number of anilines is 1. The van der Waals surface area contributed by atoms with E-state index in [1.807, 2.05) is 6.92 Å². The number of carbonyl (C=O) groups excluding carboxylic acids is 1. The highest BCUT2D eigenvalue weighted by Crippen LogP contribution is 2.17. The fraction of sp³-hybridized carbons (Fsp3) is 0.143. The van der Waals surface area contributed by atoms with Crippen molar-refractivity contribution in [2.75, 3.05) is 11.4 Å². The van der Waals surface area contributed by atoms with Crippen molar-refractivity contribution in [3.63, 3.8) is 0 Å². The van der Waals surface area contributed by atoms with Gasteiger partial charge < -0.3 is 5.11 Å². The number of carboxylic acids is 1. The third-order valence-electron chi connectivity index (χ3n) is 2.74. The summed E-state index contributed by atoms with van der Waals surface area (Å²) in [5, 5.41) is 16.4. The maximum absolute atomic E-state index is 12.4. The smallest absolute Gasteiger partial charge is 0.323 e. The molecule has 0 aliphatic heterocycles. The number of amides is 1. The van der Waals surface area contributed by atoms with E-state index < -0.39 is 18.4 Å². The first-order chi connectivity index (χ1) is 9.97. The summed E-state index contributed by atoms with van der Waals surface area (Å²) in [6.07, 6.45) is 0. The lowest BCUT2D eigenvalue weighted by molar-refractivity contribution is -0.135. The highest BCUT2D eigenvalue weighted by molar-refractivity contribution is 6.29. The summed E-state index contributed by atoms with van der Waals surface area (Å²) in [5.74, 6) is -1.67. The number of hydrogen-bond acceptors (Lipinski definition) is 4. The summed E-state index contributed by atoms with van der Waals surface area (Å²) in [7, 11) is 0. The van der Waals surface area contributed by atoms with Crippen LogP contribution in [0.2, 0.25) is 5.15 Å². The lowest BCUT2D eigenvalue weighted by Gasteiger charge is -2.20. The standard InChI is InChI=1S/C14H12ClN3O3/c1-9-2-4-10(5-3-9)18(8-13(19)20)14(21)11-6-7-12(15)17-16-11/h2-7H,8H2,1H3,(H,19,20). The highest BCUT2D eigenvalue weighted by atomic mass is 35.5. The first-order valence-electron chi connectivity index (χ1n) is 6.07. The number of aliphatic carboxylic acids is 1. The van der Waals surface area contributed by atoms with Crippen LogP contribution < -0.4 is 4.90 Å². The predicted molar refractivity (Wildman–Crippen MR) is 77.5 cm³/mol. The summed E-state index contributed by atoms with van der Waals surface area (Å²) < 4.78 is 0. The summed E-state index contributed by atoms with van der Waals surface area (Å²) in [4.78, 5) is 24.5. The van der Waals surface area contributed by atoms with Crippen LogP contribution in [0, 0.1) is 6.92 Å². The molecular formula is C14H12ClN3O3. The molecule has 1 N–H and O–H groups in total. The lowest BCUT2D eigenvalue weighted by Crippen LogP contribution is -2.36. The molecule has 2 aromatic rings. The number of aryl methyl sites for hydroxylation is 1. The zero-order chi connectivity index (χ0) is 15.4. The SMILES string of the molecule is Cc1ccc(N(CC(=O)O)C(=O)c2ccc(Cl)nn2)cc1. The number of halogens is 1. The Bertz CT molecular complexity index is 656. The molecule has 0 fully saturated rings. The van der Waals surface area contributed by atoms with Gasteiger partial charge in [0.05, 0.1) is 0 Å². The Hall–Kier alpha value is -2.47. The van der Waals surface area contributed by atoms with Crippen molar-refractivity contribution in [1.82, 2.24) is 10.2 Å². The van der Waals surface area contributed by atoms with Gasteiger partial charge in [0, 0.05) is 5.69 Å². The number of rotatable bonds is 4. The van der Waals surface area contributed by atoms with Gasteiger partial charge in [0.1, 0.15) is 6.54 Å². The van der Waals surface area contributed by atoms with Gasteiger partial charge in [0.2, 0.25) is 0 Å². The largest absolute Gasteiger partial charge is 0.480 e. The Balaban J connectivity index is 2.35. The summed E-state index contributed by atoms with van der Waals surface area (Å²) in [5.41, 5.74) is 1.51. The van der Waals surface area contributed by atoms with Crippen LogP contribution in [-0.2, 0) is 4.79 Å². The molecular weight excluding hydrogens is 294 g/mol. The van der Waals surface area contributed by atoms with Crippen LogP contribution in [0.25, 0.3) is 0 Å². The normalized spacial score (nSPS) is 10.2. The average Bonchev–Trinajstić information content (AvgIpc) is 2.46. The maximum Gasteiger partial charge on any atom is 0.323 e. The van der Waals surface area contributed by atoms with Crippen LogP contribution in [0.4, 0.5) is 5.69 Å². The van der Waals surface area contributed by atoms with Gasteiger partial charge in [-0.1, -0.05) is 29.3 Å². The molecule has 1 amide bonds. The molecule has 0 unspecified atom stereocenters. The quantitative estimate of drug-likeness (QED) is 0.936. The third kappa shape index (κ3) is 3.76. The first kappa shape index (κ1) is 14.9. The number of carbonyl (C=O) groups is 2. The minimum Gasteiger partial charge on any atom is -0.480 e. The van der Waals surface area contributed by atoms with Gasteiger partial charge in [-0.05, 0) is 31.2 Å². The van der Waals surface area contributed by atoms with Gasteiger partial charge in [0.15, 0.2) is 10.8 Å². The number of hydrogen-bond donors (Lipinski definition) is 1. The summed E-state index contributed by atoms with van der Waals surface area (Å²) in [6, 6.07) is 9.78. The molecule has 1 aromatic heterocycles. The van der Waals surface area contributed by atoms with Gasteiger partial charge in [-0.2, -0.15) is 0 Å². The second-order valence-corrected chi connectivity index (χ2v) is 4.75. The highest BCUT2D eigenvalue weighted by Gasteiger charge is 2.21. The molecule has 1 heterocycles. The summed E-state index contributed by atoms with van der Waals surface area (Å²) in [6.45, 7) is 1.43. The van der Waals surface area contributed by atoms with Crippen molar-refractivity contribution >= 4 is 29.2 Å². The summed E-state index contributed by atoms with van der Waals surface area (Å²) >= 11 is 5.62. The second-order valence-electron chi connectivity index (χ2n) is 4.36. The molecule has 0 aliphatic rings. The molecule has 2 rings (SSSR count). The monoisotopic (exact) mass is 305 g/mol. The molecule has 0 bridgehead atoms. The Morgan fingerprint density at radius 2 is 1.81 bits per heavy atom. The number of aromatic nitrogens is 2. The van der Waals surface area contributed by atoms with Gasteiger partial charge in [-0.25, -0.2) is 0 Å². The number of carboxylic acid groups (broad SMARTS) is 1. The van der Waals surface area contributed by atoms with Crippen molar-refractivity contribution in [3.8, 4) is 0 Å². The van der Waals surface area contributed by atoms with Crippen molar-refractivity contribution in [2.45, 2.75) is 6.92 Å².